The summed E-state index contributed by atoms with van der Waals surface area (Å²) < 4.78 is 1.89. The van der Waals surface area contributed by atoms with E-state index in [1.807, 2.05) is 41.0 Å². The van der Waals surface area contributed by atoms with Gasteiger partial charge in [-0.3, -0.25) is 14.4 Å². The highest BCUT2D eigenvalue weighted by atomic mass is 16.2. The summed E-state index contributed by atoms with van der Waals surface area (Å²) >= 11 is 0. The van der Waals surface area contributed by atoms with Gasteiger partial charge in [0.2, 0.25) is 5.43 Å². The zero-order chi connectivity index (χ0) is 24.2. The Kier molecular flexibility index (Phi) is 6.80. The average molecular weight is 470 g/mol. The van der Waals surface area contributed by atoms with E-state index in [-0.39, 0.29) is 23.1 Å². The van der Waals surface area contributed by atoms with Crippen LogP contribution in [0, 0.1) is 0 Å². The standard InChI is InChI=1S/C29H31N3O3/c33-27-25(28(34)30-18-21-8-3-1-4-9-21)19-32(24-13-14-24)20-26(27)29(35)31-16-7-12-23(15-17-31)22-10-5-2-6-11-22/h1-6,8-11,19-20,23-24H,7,12-18H2,(H,30,34)/t23-/m1/s1. The van der Waals surface area contributed by atoms with Gasteiger partial charge in [-0.2, -0.15) is 0 Å². The van der Waals surface area contributed by atoms with Gasteiger partial charge in [-0.15, -0.1) is 0 Å². The molecule has 1 saturated carbocycles. The molecule has 2 fully saturated rings. The number of likely N-dealkylation sites (tertiary alicyclic amines) is 1. The van der Waals surface area contributed by atoms with Crippen molar-refractivity contribution >= 4 is 11.8 Å². The van der Waals surface area contributed by atoms with Crippen LogP contribution in [0.25, 0.3) is 0 Å². The van der Waals surface area contributed by atoms with Gasteiger partial charge in [0.15, 0.2) is 0 Å². The molecule has 0 radical (unpaired) electrons. The van der Waals surface area contributed by atoms with E-state index in [0.717, 1.165) is 37.7 Å². The highest BCUT2D eigenvalue weighted by molar-refractivity contribution is 5.99. The number of carbonyl (C=O) groups is 2. The molecule has 0 bridgehead atoms. The molecule has 35 heavy (non-hydrogen) atoms. The van der Waals surface area contributed by atoms with Gasteiger partial charge in [-0.05, 0) is 49.1 Å². The number of amides is 2. The Morgan fingerprint density at radius 3 is 2.23 bits per heavy atom. The van der Waals surface area contributed by atoms with Gasteiger partial charge >= 0.3 is 0 Å². The van der Waals surface area contributed by atoms with Crippen molar-refractivity contribution < 1.29 is 9.59 Å². The van der Waals surface area contributed by atoms with Crippen LogP contribution in [0.15, 0.2) is 77.9 Å². The molecule has 2 amide bonds. The number of nitrogens with zero attached hydrogens (tertiary/aromatic N) is 2. The van der Waals surface area contributed by atoms with Crippen LogP contribution in [0.3, 0.4) is 0 Å². The maximum atomic E-state index is 13.5. The fourth-order valence-corrected chi connectivity index (χ4v) is 4.90. The number of benzene rings is 2. The summed E-state index contributed by atoms with van der Waals surface area (Å²) in [5.41, 5.74) is 1.91. The van der Waals surface area contributed by atoms with Crippen molar-refractivity contribution in [3.63, 3.8) is 0 Å². The predicted molar refractivity (Wildman–Crippen MR) is 136 cm³/mol. The minimum Gasteiger partial charge on any atom is -0.349 e. The molecule has 180 valence electrons. The summed E-state index contributed by atoms with van der Waals surface area (Å²) in [5.74, 6) is -0.300. The molecule has 2 aliphatic rings. The lowest BCUT2D eigenvalue weighted by molar-refractivity contribution is 0.0759. The van der Waals surface area contributed by atoms with Gasteiger partial charge < -0.3 is 14.8 Å². The largest absolute Gasteiger partial charge is 0.349 e. The van der Waals surface area contributed by atoms with E-state index in [4.69, 9.17) is 0 Å². The van der Waals surface area contributed by atoms with Gasteiger partial charge in [0.1, 0.15) is 11.1 Å². The molecular formula is C29H31N3O3. The minimum absolute atomic E-state index is 0.0377. The summed E-state index contributed by atoms with van der Waals surface area (Å²) in [6.07, 6.45) is 8.03. The first kappa shape index (κ1) is 23.1. The normalized spacial score (nSPS) is 18.1. The van der Waals surface area contributed by atoms with Gasteiger partial charge in [0, 0.05) is 38.1 Å². The monoisotopic (exact) mass is 469 g/mol. The molecule has 1 saturated heterocycles. The third-order valence-electron chi connectivity index (χ3n) is 7.07. The number of rotatable bonds is 6. The SMILES string of the molecule is O=C(NCc1ccccc1)c1cn(C2CC2)cc(C(=O)N2CCC[C@@H](c3ccccc3)CC2)c1=O. The zero-order valence-electron chi connectivity index (χ0n) is 19.9. The molecule has 6 heteroatoms. The Bertz CT molecular complexity index is 1250. The quantitative estimate of drug-likeness (QED) is 0.577. The molecule has 2 aromatic carbocycles. The van der Waals surface area contributed by atoms with Crippen LogP contribution in [-0.2, 0) is 6.54 Å². The van der Waals surface area contributed by atoms with Crippen molar-refractivity contribution in [1.82, 2.24) is 14.8 Å². The maximum absolute atomic E-state index is 13.5. The average Bonchev–Trinajstić information content (AvgIpc) is 3.76. The smallest absolute Gasteiger partial charge is 0.259 e. The first-order chi connectivity index (χ1) is 17.1. The number of hydrogen-bond donors (Lipinski definition) is 1. The third kappa shape index (κ3) is 5.37. The molecule has 5 rings (SSSR count). The van der Waals surface area contributed by atoms with Gasteiger partial charge in [0.25, 0.3) is 11.8 Å². The van der Waals surface area contributed by atoms with Crippen molar-refractivity contribution in [1.29, 1.82) is 0 Å². The second kappa shape index (κ2) is 10.3. The van der Waals surface area contributed by atoms with Gasteiger partial charge in [-0.25, -0.2) is 0 Å². The van der Waals surface area contributed by atoms with Crippen LogP contribution in [0.2, 0.25) is 0 Å². The number of hydrogen-bond acceptors (Lipinski definition) is 3. The van der Waals surface area contributed by atoms with Crippen molar-refractivity contribution in [3.8, 4) is 0 Å². The lowest BCUT2D eigenvalue weighted by Crippen LogP contribution is -2.38. The Hall–Kier alpha value is -3.67. The number of carbonyl (C=O) groups excluding carboxylic acids is 2. The van der Waals surface area contributed by atoms with Crippen molar-refractivity contribution in [2.75, 3.05) is 13.1 Å². The molecule has 6 nitrogen and oxygen atoms in total. The van der Waals surface area contributed by atoms with Crippen LogP contribution in [0.5, 0.6) is 0 Å². The molecule has 1 N–H and O–H groups in total. The molecule has 0 unspecified atom stereocenters. The number of nitrogens with one attached hydrogen (secondary N) is 1. The molecule has 3 aromatic rings. The van der Waals surface area contributed by atoms with Crippen LogP contribution >= 0.6 is 0 Å². The maximum Gasteiger partial charge on any atom is 0.259 e. The Morgan fingerprint density at radius 2 is 1.51 bits per heavy atom. The van der Waals surface area contributed by atoms with Crippen LogP contribution in [-0.4, -0.2) is 34.4 Å². The van der Waals surface area contributed by atoms with E-state index in [2.05, 4.69) is 29.6 Å². The Morgan fingerprint density at radius 1 is 0.829 bits per heavy atom. The van der Waals surface area contributed by atoms with Crippen molar-refractivity contribution in [3.05, 3.63) is 106 Å². The molecule has 1 aliphatic carbocycles. The molecule has 1 aliphatic heterocycles. The topological polar surface area (TPSA) is 71.4 Å². The summed E-state index contributed by atoms with van der Waals surface area (Å²) in [7, 11) is 0. The second-order valence-electron chi connectivity index (χ2n) is 9.59. The Labute approximate surface area is 205 Å². The lowest BCUT2D eigenvalue weighted by Gasteiger charge is -2.21. The van der Waals surface area contributed by atoms with E-state index in [0.29, 0.717) is 25.6 Å². The first-order valence-corrected chi connectivity index (χ1v) is 12.5. The van der Waals surface area contributed by atoms with Crippen LogP contribution in [0.1, 0.15) is 75.9 Å². The van der Waals surface area contributed by atoms with E-state index < -0.39 is 11.3 Å². The summed E-state index contributed by atoms with van der Waals surface area (Å²) in [4.78, 5) is 41.7. The highest BCUT2D eigenvalue weighted by Crippen LogP contribution is 2.35. The van der Waals surface area contributed by atoms with Crippen molar-refractivity contribution in [2.24, 2.45) is 0 Å². The number of aromatic nitrogens is 1. The molecular weight excluding hydrogens is 438 g/mol. The zero-order valence-corrected chi connectivity index (χ0v) is 19.9. The van der Waals surface area contributed by atoms with Crippen molar-refractivity contribution in [2.45, 2.75) is 50.6 Å². The van der Waals surface area contributed by atoms with E-state index in [9.17, 15) is 14.4 Å². The van der Waals surface area contributed by atoms with Gasteiger partial charge in [0.05, 0.1) is 0 Å². The fraction of sp³-hybridized carbons (Fsp3) is 0.345. The summed E-state index contributed by atoms with van der Waals surface area (Å²) in [6.45, 7) is 1.55. The summed E-state index contributed by atoms with van der Waals surface area (Å²) in [6, 6.07) is 20.2. The molecule has 1 aromatic heterocycles. The second-order valence-corrected chi connectivity index (χ2v) is 9.59. The fourth-order valence-electron chi connectivity index (χ4n) is 4.90. The highest BCUT2D eigenvalue weighted by Gasteiger charge is 2.29. The third-order valence-corrected chi connectivity index (χ3v) is 7.07. The summed E-state index contributed by atoms with van der Waals surface area (Å²) in [5, 5.41) is 2.85. The van der Waals surface area contributed by atoms with E-state index >= 15 is 0 Å². The van der Waals surface area contributed by atoms with E-state index in [1.54, 1.807) is 17.3 Å². The minimum atomic E-state index is -0.485. The van der Waals surface area contributed by atoms with Crippen LogP contribution < -0.4 is 10.7 Å². The number of pyridine rings is 1. The molecule has 2 heterocycles. The Balaban J connectivity index is 1.36. The van der Waals surface area contributed by atoms with Gasteiger partial charge in [-0.1, -0.05) is 60.7 Å². The molecule has 1 atom stereocenters. The lowest BCUT2D eigenvalue weighted by atomic mass is 9.92. The van der Waals surface area contributed by atoms with E-state index in [1.165, 1.54) is 5.56 Å². The van der Waals surface area contributed by atoms with Crippen LogP contribution in [0.4, 0.5) is 0 Å². The molecule has 0 spiro atoms. The first-order valence-electron chi connectivity index (χ1n) is 12.5. The predicted octanol–water partition coefficient (Wildman–Crippen LogP) is 4.52.